The predicted octanol–water partition coefficient (Wildman–Crippen LogP) is 7.87. The summed E-state index contributed by atoms with van der Waals surface area (Å²) in [4.78, 5) is 5.51. The number of aromatic nitrogens is 1. The molecule has 0 aliphatic carbocycles. The fourth-order valence-electron chi connectivity index (χ4n) is 5.37. The second kappa shape index (κ2) is 17.2. The number of rotatable bonds is 15. The van der Waals surface area contributed by atoms with Crippen LogP contribution in [0.3, 0.4) is 0 Å². The number of benzene rings is 4. The maximum Gasteiger partial charge on any atom is 0.137 e. The van der Waals surface area contributed by atoms with E-state index in [2.05, 4.69) is 53.5 Å². The Morgan fingerprint density at radius 3 is 1.57 bits per heavy atom. The van der Waals surface area contributed by atoms with Gasteiger partial charge in [-0.05, 0) is 41.0 Å². The molecule has 0 unspecified atom stereocenters. The number of hydrogen-bond acceptors (Lipinski definition) is 7. The van der Waals surface area contributed by atoms with Gasteiger partial charge >= 0.3 is 0 Å². The first kappa shape index (κ1) is 32.1. The molecule has 1 aromatic heterocycles. The molecule has 6 nitrogen and oxygen atoms in total. The van der Waals surface area contributed by atoms with Gasteiger partial charge in [0.2, 0.25) is 0 Å². The van der Waals surface area contributed by atoms with Gasteiger partial charge in [-0.25, -0.2) is 0 Å². The smallest absolute Gasteiger partial charge is 0.137 e. The van der Waals surface area contributed by atoms with Crippen LogP contribution >= 0.6 is 11.8 Å². The Bertz CT molecular complexity index is 1550. The first-order valence-electron chi connectivity index (χ1n) is 15.6. The van der Waals surface area contributed by atoms with E-state index in [1.54, 1.807) is 18.0 Å². The van der Waals surface area contributed by atoms with E-state index in [1.165, 1.54) is 0 Å². The van der Waals surface area contributed by atoms with Crippen molar-refractivity contribution >= 4 is 11.8 Å². The molecule has 0 spiro atoms. The van der Waals surface area contributed by atoms with Crippen LogP contribution < -0.4 is 0 Å². The van der Waals surface area contributed by atoms with Crippen molar-refractivity contribution in [2.24, 2.45) is 0 Å². The molecule has 7 heteroatoms. The van der Waals surface area contributed by atoms with Crippen LogP contribution in [0.1, 0.15) is 22.4 Å². The summed E-state index contributed by atoms with van der Waals surface area (Å²) >= 11 is 1.63. The lowest BCUT2D eigenvalue weighted by molar-refractivity contribution is -0.254. The molecule has 0 bridgehead atoms. The highest BCUT2D eigenvalue weighted by Gasteiger charge is 2.49. The van der Waals surface area contributed by atoms with Crippen molar-refractivity contribution in [2.75, 3.05) is 6.61 Å². The maximum atomic E-state index is 6.90. The summed E-state index contributed by atoms with van der Waals surface area (Å²) in [6, 6.07) is 46.7. The summed E-state index contributed by atoms with van der Waals surface area (Å²) in [5, 5.41) is 0. The van der Waals surface area contributed by atoms with Gasteiger partial charge in [0, 0.05) is 11.1 Å². The summed E-state index contributed by atoms with van der Waals surface area (Å²) in [6.07, 6.45) is -0.0176. The Hall–Kier alpha value is -3.82. The lowest BCUT2D eigenvalue weighted by Gasteiger charge is -2.46. The second-order valence-corrected chi connectivity index (χ2v) is 12.3. The van der Waals surface area contributed by atoms with Gasteiger partial charge in [0.25, 0.3) is 0 Å². The Morgan fingerprint density at radius 2 is 1.02 bits per heavy atom. The molecule has 6 rings (SSSR count). The van der Waals surface area contributed by atoms with Crippen molar-refractivity contribution in [2.45, 2.75) is 61.2 Å². The molecule has 4 aromatic carbocycles. The SMILES string of the molecule is c1ccc(CO[C@@H]2[C@@H](OCc3ccccc3)[C@H](Sc3ccccc3)O[C@H](COCc3ccccn3)[C@H]2OCc2ccccc2)cc1. The highest BCUT2D eigenvalue weighted by molar-refractivity contribution is 7.99. The van der Waals surface area contributed by atoms with Gasteiger partial charge in [0.05, 0.1) is 38.7 Å². The van der Waals surface area contributed by atoms with Crippen LogP contribution in [0.15, 0.2) is 151 Å². The minimum absolute atomic E-state index is 0.304. The summed E-state index contributed by atoms with van der Waals surface area (Å²) in [6.45, 7) is 1.90. The fraction of sp³-hybridized carbons (Fsp3) is 0.256. The van der Waals surface area contributed by atoms with E-state index in [1.807, 2.05) is 91.0 Å². The average molecular weight is 634 g/mol. The van der Waals surface area contributed by atoms with Crippen molar-refractivity contribution in [3.63, 3.8) is 0 Å². The number of pyridine rings is 1. The zero-order valence-corrected chi connectivity index (χ0v) is 26.5. The van der Waals surface area contributed by atoms with Crippen LogP contribution in [0.2, 0.25) is 0 Å². The predicted molar refractivity (Wildman–Crippen MR) is 180 cm³/mol. The molecule has 0 N–H and O–H groups in total. The van der Waals surface area contributed by atoms with E-state index < -0.39 is 24.4 Å². The molecule has 5 aromatic rings. The van der Waals surface area contributed by atoms with Gasteiger partial charge in [-0.15, -0.1) is 0 Å². The molecule has 0 saturated carbocycles. The third-order valence-corrected chi connectivity index (χ3v) is 8.86. The quantitative estimate of drug-likeness (QED) is 0.116. The monoisotopic (exact) mass is 633 g/mol. The minimum Gasteiger partial charge on any atom is -0.372 e. The van der Waals surface area contributed by atoms with Crippen LogP contribution in [0, 0.1) is 0 Å². The summed E-state index contributed by atoms with van der Waals surface area (Å²) in [7, 11) is 0. The summed E-state index contributed by atoms with van der Waals surface area (Å²) in [5.41, 5.74) is 3.70. The number of ether oxygens (including phenoxy) is 5. The lowest BCUT2D eigenvalue weighted by atomic mass is 9.98. The van der Waals surface area contributed by atoms with E-state index in [-0.39, 0.29) is 5.44 Å². The molecular weight excluding hydrogens is 594 g/mol. The van der Waals surface area contributed by atoms with E-state index >= 15 is 0 Å². The molecule has 1 aliphatic heterocycles. The molecule has 236 valence electrons. The topological polar surface area (TPSA) is 59.0 Å². The molecule has 46 heavy (non-hydrogen) atoms. The van der Waals surface area contributed by atoms with Crippen LogP contribution in [0.5, 0.6) is 0 Å². The van der Waals surface area contributed by atoms with Gasteiger partial charge in [-0.1, -0.05) is 127 Å². The van der Waals surface area contributed by atoms with Gasteiger partial charge in [0.15, 0.2) is 0 Å². The Balaban J connectivity index is 1.31. The number of thioether (sulfide) groups is 1. The number of hydrogen-bond donors (Lipinski definition) is 0. The van der Waals surface area contributed by atoms with Gasteiger partial charge in [-0.2, -0.15) is 0 Å². The third-order valence-electron chi connectivity index (χ3n) is 7.70. The van der Waals surface area contributed by atoms with Gasteiger partial charge in [0.1, 0.15) is 29.9 Å². The van der Waals surface area contributed by atoms with E-state index in [0.717, 1.165) is 27.3 Å². The lowest BCUT2D eigenvalue weighted by Crippen LogP contribution is -2.60. The van der Waals surface area contributed by atoms with Crippen molar-refractivity contribution in [1.82, 2.24) is 4.98 Å². The van der Waals surface area contributed by atoms with Crippen molar-refractivity contribution in [1.29, 1.82) is 0 Å². The van der Waals surface area contributed by atoms with Gasteiger partial charge in [-0.3, -0.25) is 4.98 Å². The summed E-state index contributed by atoms with van der Waals surface area (Å²) in [5.74, 6) is 0. The highest BCUT2D eigenvalue weighted by atomic mass is 32.2. The molecule has 1 fully saturated rings. The van der Waals surface area contributed by atoms with Crippen LogP contribution in [-0.2, 0) is 50.1 Å². The molecular formula is C39H39NO5S. The normalized spacial score (nSPS) is 21.2. The molecule has 0 radical (unpaired) electrons. The van der Waals surface area contributed by atoms with Crippen LogP contribution in [-0.4, -0.2) is 41.4 Å². The Morgan fingerprint density at radius 1 is 0.522 bits per heavy atom. The van der Waals surface area contributed by atoms with Crippen molar-refractivity contribution < 1.29 is 23.7 Å². The molecule has 2 heterocycles. The maximum absolute atomic E-state index is 6.90. The standard InChI is InChI=1S/C39H39NO5S/c1-5-15-30(16-6-1)25-42-36-35(29-41-28-33-21-13-14-24-40-33)45-39(46-34-22-11-4-12-23-34)38(44-27-32-19-9-3-10-20-32)37(36)43-26-31-17-7-2-8-18-31/h1-24,35-39H,25-29H2/t35-,36-,37+,38-,39+/m1/s1. The van der Waals surface area contributed by atoms with Crippen LogP contribution in [0.25, 0.3) is 0 Å². The van der Waals surface area contributed by atoms with E-state index in [9.17, 15) is 0 Å². The first-order chi connectivity index (χ1) is 22.8. The molecule has 1 aliphatic rings. The third kappa shape index (κ3) is 9.36. The first-order valence-corrected chi connectivity index (χ1v) is 16.5. The van der Waals surface area contributed by atoms with E-state index in [4.69, 9.17) is 23.7 Å². The average Bonchev–Trinajstić information content (AvgIpc) is 3.12. The largest absolute Gasteiger partial charge is 0.372 e. The van der Waals surface area contributed by atoms with Crippen LogP contribution in [0.4, 0.5) is 0 Å². The number of nitrogens with zero attached hydrogens (tertiary/aromatic N) is 1. The molecule has 5 atom stereocenters. The Kier molecular flexibility index (Phi) is 12.0. The Labute approximate surface area is 275 Å². The van der Waals surface area contributed by atoms with Crippen molar-refractivity contribution in [3.05, 3.63) is 168 Å². The molecule has 0 amide bonds. The minimum atomic E-state index is -0.471. The summed E-state index contributed by atoms with van der Waals surface area (Å²) < 4.78 is 33.5. The fourth-order valence-corrected chi connectivity index (χ4v) is 6.52. The van der Waals surface area contributed by atoms with Crippen molar-refractivity contribution in [3.8, 4) is 0 Å². The van der Waals surface area contributed by atoms with E-state index in [0.29, 0.717) is 33.0 Å². The highest BCUT2D eigenvalue weighted by Crippen LogP contribution is 2.38. The van der Waals surface area contributed by atoms with Gasteiger partial charge < -0.3 is 23.7 Å². The molecule has 1 saturated heterocycles. The zero-order valence-electron chi connectivity index (χ0n) is 25.7. The second-order valence-electron chi connectivity index (χ2n) is 11.1. The zero-order chi connectivity index (χ0) is 31.2.